The van der Waals surface area contributed by atoms with Crippen molar-refractivity contribution in [1.82, 2.24) is 0 Å². The zero-order chi connectivity index (χ0) is 14.6. The molecule has 7 heteroatoms. The van der Waals surface area contributed by atoms with E-state index in [1.807, 2.05) is 13.8 Å². The van der Waals surface area contributed by atoms with Crippen LogP contribution in [0.2, 0.25) is 0 Å². The zero-order valence-corrected chi connectivity index (χ0v) is 12.1. The van der Waals surface area contributed by atoms with Gasteiger partial charge in [-0.1, -0.05) is 19.9 Å². The van der Waals surface area contributed by atoms with Crippen LogP contribution in [0.4, 0.5) is 5.69 Å². The molecule has 0 bridgehead atoms. The van der Waals surface area contributed by atoms with Gasteiger partial charge in [0.2, 0.25) is 0 Å². The quantitative estimate of drug-likeness (QED) is 0.638. The van der Waals surface area contributed by atoms with Gasteiger partial charge in [0.1, 0.15) is 10.2 Å². The molecular weight excluding hydrogens is 318 g/mol. The minimum absolute atomic E-state index is 0.138. The molecule has 1 rings (SSSR count). The van der Waals surface area contributed by atoms with Crippen LogP contribution in [0.25, 0.3) is 0 Å². The van der Waals surface area contributed by atoms with Crippen LogP contribution in [0.1, 0.15) is 20.3 Å². The number of nitro groups is 1. The normalized spacial score (nSPS) is 12.2. The molecule has 0 saturated heterocycles. The molecular formula is C12H14BrNO5. The van der Waals surface area contributed by atoms with Crippen molar-refractivity contribution in [2.75, 3.05) is 0 Å². The number of rotatable bonds is 6. The van der Waals surface area contributed by atoms with Gasteiger partial charge in [-0.3, -0.25) is 10.1 Å². The lowest BCUT2D eigenvalue weighted by molar-refractivity contribution is -0.385. The highest BCUT2D eigenvalue weighted by atomic mass is 79.9. The lowest BCUT2D eigenvalue weighted by atomic mass is 10.1. The largest absolute Gasteiger partial charge is 0.479 e. The molecule has 0 amide bonds. The third-order valence-electron chi connectivity index (χ3n) is 2.37. The molecule has 0 spiro atoms. The van der Waals surface area contributed by atoms with Crippen molar-refractivity contribution in [2.24, 2.45) is 5.92 Å². The van der Waals surface area contributed by atoms with Crippen molar-refractivity contribution in [2.45, 2.75) is 26.4 Å². The maximum absolute atomic E-state index is 11.1. The molecule has 1 N–H and O–H groups in total. The molecule has 0 heterocycles. The number of hydrogen-bond acceptors (Lipinski definition) is 4. The summed E-state index contributed by atoms with van der Waals surface area (Å²) in [5.74, 6) is -0.798. The van der Waals surface area contributed by atoms with Crippen LogP contribution in [-0.2, 0) is 4.79 Å². The summed E-state index contributed by atoms with van der Waals surface area (Å²) in [5, 5.41) is 19.9. The summed E-state index contributed by atoms with van der Waals surface area (Å²) >= 11 is 3.07. The minimum atomic E-state index is -1.09. The van der Waals surface area contributed by atoms with E-state index in [4.69, 9.17) is 9.84 Å². The molecule has 1 atom stereocenters. The second-order valence-electron chi connectivity index (χ2n) is 4.42. The lowest BCUT2D eigenvalue weighted by Crippen LogP contribution is -2.28. The molecule has 0 aliphatic rings. The van der Waals surface area contributed by atoms with Crippen LogP contribution in [0.3, 0.4) is 0 Å². The van der Waals surface area contributed by atoms with E-state index < -0.39 is 17.0 Å². The second-order valence-corrected chi connectivity index (χ2v) is 5.21. The van der Waals surface area contributed by atoms with Crippen LogP contribution in [0, 0.1) is 16.0 Å². The third kappa shape index (κ3) is 4.20. The number of benzene rings is 1. The van der Waals surface area contributed by atoms with E-state index in [1.165, 1.54) is 18.2 Å². The van der Waals surface area contributed by atoms with Gasteiger partial charge in [-0.25, -0.2) is 4.79 Å². The Bertz CT molecular complexity index is 489. The first-order valence-electron chi connectivity index (χ1n) is 5.65. The first kappa shape index (κ1) is 15.4. The van der Waals surface area contributed by atoms with E-state index in [0.29, 0.717) is 6.42 Å². The number of aliphatic carboxylic acids is 1. The third-order valence-corrected chi connectivity index (χ3v) is 3.17. The first-order chi connectivity index (χ1) is 8.82. The fraction of sp³-hybridized carbons (Fsp3) is 0.417. The Morgan fingerprint density at radius 2 is 2.16 bits per heavy atom. The lowest BCUT2D eigenvalue weighted by Gasteiger charge is -2.17. The highest BCUT2D eigenvalue weighted by molar-refractivity contribution is 9.10. The molecule has 0 fully saturated rings. The fourth-order valence-electron chi connectivity index (χ4n) is 1.51. The Balaban J connectivity index is 3.00. The molecule has 0 unspecified atom stereocenters. The van der Waals surface area contributed by atoms with E-state index in [9.17, 15) is 14.9 Å². The molecule has 0 aliphatic heterocycles. The number of carboxylic acids is 1. The fourth-order valence-corrected chi connectivity index (χ4v) is 2.01. The maximum Gasteiger partial charge on any atom is 0.344 e. The van der Waals surface area contributed by atoms with Crippen molar-refractivity contribution in [3.05, 3.63) is 32.8 Å². The van der Waals surface area contributed by atoms with Gasteiger partial charge in [0.05, 0.1) is 4.92 Å². The predicted octanol–water partition coefficient (Wildman–Crippen LogP) is 3.24. The molecule has 6 nitrogen and oxygen atoms in total. The van der Waals surface area contributed by atoms with E-state index in [0.717, 1.165) is 0 Å². The highest BCUT2D eigenvalue weighted by Crippen LogP contribution is 2.34. The van der Waals surface area contributed by atoms with Gasteiger partial charge in [-0.2, -0.15) is 0 Å². The topological polar surface area (TPSA) is 89.7 Å². The van der Waals surface area contributed by atoms with Crippen LogP contribution < -0.4 is 4.74 Å². The summed E-state index contributed by atoms with van der Waals surface area (Å²) in [7, 11) is 0. The average molecular weight is 332 g/mol. The number of nitrogens with zero attached hydrogens (tertiary/aromatic N) is 1. The van der Waals surface area contributed by atoms with Crippen molar-refractivity contribution in [3.8, 4) is 5.75 Å². The molecule has 0 radical (unpaired) electrons. The Hall–Kier alpha value is -1.63. The molecule has 0 aromatic heterocycles. The summed E-state index contributed by atoms with van der Waals surface area (Å²) in [6.45, 7) is 3.75. The number of carbonyl (C=O) groups is 1. The summed E-state index contributed by atoms with van der Waals surface area (Å²) in [4.78, 5) is 21.3. The number of carboxylic acid groups (broad SMARTS) is 1. The summed E-state index contributed by atoms with van der Waals surface area (Å²) in [6, 6.07) is 4.26. The van der Waals surface area contributed by atoms with Gasteiger partial charge in [0.25, 0.3) is 5.69 Å². The van der Waals surface area contributed by atoms with E-state index >= 15 is 0 Å². The van der Waals surface area contributed by atoms with Gasteiger partial charge in [-0.05, 0) is 34.3 Å². The molecule has 19 heavy (non-hydrogen) atoms. The Morgan fingerprint density at radius 3 is 2.63 bits per heavy atom. The van der Waals surface area contributed by atoms with Crippen molar-refractivity contribution in [1.29, 1.82) is 0 Å². The van der Waals surface area contributed by atoms with Crippen LogP contribution in [-0.4, -0.2) is 22.1 Å². The molecule has 1 aromatic carbocycles. The molecule has 104 valence electrons. The van der Waals surface area contributed by atoms with Gasteiger partial charge in [-0.15, -0.1) is 0 Å². The Labute approximate surface area is 118 Å². The molecule has 0 aliphatic carbocycles. The van der Waals surface area contributed by atoms with Gasteiger partial charge in [0, 0.05) is 6.07 Å². The molecule has 1 aromatic rings. The van der Waals surface area contributed by atoms with Gasteiger partial charge in [0.15, 0.2) is 6.10 Å². The van der Waals surface area contributed by atoms with Crippen molar-refractivity contribution < 1.29 is 19.6 Å². The summed E-state index contributed by atoms with van der Waals surface area (Å²) < 4.78 is 5.51. The standard InChI is InChI=1S/C12H14BrNO5/c1-7(2)6-10(12(15)16)19-9-5-3-4-8(11(9)13)14(17)18/h3-5,7,10H,6H2,1-2H3,(H,15,16)/t10-/m1/s1. The summed E-state index contributed by atoms with van der Waals surface area (Å²) in [5.41, 5.74) is -0.161. The Kier molecular flexibility index (Phi) is 5.29. The number of hydrogen-bond donors (Lipinski definition) is 1. The second kappa shape index (κ2) is 6.51. The van der Waals surface area contributed by atoms with E-state index in [1.54, 1.807) is 0 Å². The highest BCUT2D eigenvalue weighted by Gasteiger charge is 2.24. The van der Waals surface area contributed by atoms with Crippen LogP contribution in [0.5, 0.6) is 5.75 Å². The zero-order valence-electron chi connectivity index (χ0n) is 10.5. The smallest absolute Gasteiger partial charge is 0.344 e. The first-order valence-corrected chi connectivity index (χ1v) is 6.44. The average Bonchev–Trinajstić information content (AvgIpc) is 2.29. The number of nitro benzene ring substituents is 1. The van der Waals surface area contributed by atoms with Gasteiger partial charge >= 0.3 is 5.97 Å². The van der Waals surface area contributed by atoms with Crippen molar-refractivity contribution in [3.63, 3.8) is 0 Å². The minimum Gasteiger partial charge on any atom is -0.479 e. The Morgan fingerprint density at radius 1 is 1.53 bits per heavy atom. The monoisotopic (exact) mass is 331 g/mol. The van der Waals surface area contributed by atoms with Crippen molar-refractivity contribution >= 4 is 27.6 Å². The van der Waals surface area contributed by atoms with E-state index in [-0.39, 0.29) is 21.8 Å². The summed E-state index contributed by atoms with van der Waals surface area (Å²) in [6.07, 6.45) is -0.705. The number of ether oxygens (including phenoxy) is 1. The van der Waals surface area contributed by atoms with Gasteiger partial charge < -0.3 is 9.84 Å². The number of halogens is 1. The van der Waals surface area contributed by atoms with E-state index in [2.05, 4.69) is 15.9 Å². The maximum atomic E-state index is 11.1. The predicted molar refractivity (Wildman–Crippen MR) is 72.3 cm³/mol. The van der Waals surface area contributed by atoms with Crippen LogP contribution in [0.15, 0.2) is 22.7 Å². The van der Waals surface area contributed by atoms with Crippen LogP contribution >= 0.6 is 15.9 Å². The SMILES string of the molecule is CC(C)C[C@@H](Oc1cccc([N+](=O)[O-])c1Br)C(=O)O. The molecule has 0 saturated carbocycles.